The molecule has 2 aromatic rings. The van der Waals surface area contributed by atoms with E-state index in [0.717, 1.165) is 12.1 Å². The standard InChI is InChI=1S/C22H22O12/c1-6-8(24)3-7-12(15(6)25)19(29)13-9(4-10(32-2)17(27)14(13)16(7)26)33-22-21(31)20(30)18(28)11(5-23)34-22/h3-4,11,18,20-25,27-28,30-31H,5H2,1-2H3. The first-order valence-corrected chi connectivity index (χ1v) is 10.1. The maximum atomic E-state index is 13.4. The first-order chi connectivity index (χ1) is 16.0. The minimum atomic E-state index is -1.83. The molecule has 1 fully saturated rings. The summed E-state index contributed by atoms with van der Waals surface area (Å²) in [7, 11) is 1.17. The van der Waals surface area contributed by atoms with Crippen LogP contribution in [0.2, 0.25) is 0 Å². The summed E-state index contributed by atoms with van der Waals surface area (Å²) in [6.07, 6.45) is -8.30. The number of hydrogen-bond donors (Lipinski definition) is 7. The summed E-state index contributed by atoms with van der Waals surface area (Å²) in [5, 5.41) is 70.8. The van der Waals surface area contributed by atoms with E-state index in [9.17, 15) is 45.3 Å². The van der Waals surface area contributed by atoms with Gasteiger partial charge in [-0.1, -0.05) is 0 Å². The third-order valence-electron chi connectivity index (χ3n) is 5.99. The molecule has 0 amide bonds. The van der Waals surface area contributed by atoms with Gasteiger partial charge in [-0.3, -0.25) is 9.59 Å². The summed E-state index contributed by atoms with van der Waals surface area (Å²) >= 11 is 0. The van der Waals surface area contributed by atoms with Crippen LogP contribution in [0.15, 0.2) is 12.1 Å². The molecular weight excluding hydrogens is 456 g/mol. The number of phenolic OH excluding ortho intramolecular Hbond substituents is 3. The molecule has 1 aliphatic heterocycles. The summed E-state index contributed by atoms with van der Waals surface area (Å²) in [5.41, 5.74) is -1.89. The van der Waals surface area contributed by atoms with Crippen LogP contribution in [0.3, 0.4) is 0 Å². The number of carbonyl (C=O) groups is 2. The summed E-state index contributed by atoms with van der Waals surface area (Å²) in [5.74, 6) is -4.36. The summed E-state index contributed by atoms with van der Waals surface area (Å²) in [4.78, 5) is 26.6. The second kappa shape index (κ2) is 8.42. The smallest absolute Gasteiger partial charge is 0.229 e. The fourth-order valence-corrected chi connectivity index (χ4v) is 4.03. The van der Waals surface area contributed by atoms with Crippen LogP contribution in [-0.4, -0.2) is 91.7 Å². The molecule has 34 heavy (non-hydrogen) atoms. The van der Waals surface area contributed by atoms with E-state index in [0.29, 0.717) is 0 Å². The molecule has 5 unspecified atom stereocenters. The maximum Gasteiger partial charge on any atom is 0.229 e. The van der Waals surface area contributed by atoms with Crippen molar-refractivity contribution in [2.75, 3.05) is 13.7 Å². The van der Waals surface area contributed by atoms with E-state index in [1.54, 1.807) is 0 Å². The minimum absolute atomic E-state index is 0.0579. The number of aliphatic hydroxyl groups is 4. The highest BCUT2D eigenvalue weighted by atomic mass is 16.7. The van der Waals surface area contributed by atoms with Gasteiger partial charge in [0.2, 0.25) is 12.1 Å². The molecule has 0 radical (unpaired) electrons. The van der Waals surface area contributed by atoms with Crippen LogP contribution >= 0.6 is 0 Å². The summed E-state index contributed by atoms with van der Waals surface area (Å²) in [6.45, 7) is 0.596. The Labute approximate surface area is 191 Å². The lowest BCUT2D eigenvalue weighted by atomic mass is 9.81. The molecule has 12 heteroatoms. The van der Waals surface area contributed by atoms with Crippen molar-refractivity contribution in [1.29, 1.82) is 0 Å². The van der Waals surface area contributed by atoms with Crippen LogP contribution in [0.1, 0.15) is 37.4 Å². The van der Waals surface area contributed by atoms with Gasteiger partial charge >= 0.3 is 0 Å². The van der Waals surface area contributed by atoms with Crippen molar-refractivity contribution < 1.29 is 59.5 Å². The molecule has 2 aliphatic rings. The van der Waals surface area contributed by atoms with Gasteiger partial charge in [-0.25, -0.2) is 0 Å². The number of hydrogen-bond acceptors (Lipinski definition) is 12. The number of aromatic hydroxyl groups is 3. The first-order valence-electron chi connectivity index (χ1n) is 10.1. The van der Waals surface area contributed by atoms with Crippen LogP contribution in [0.5, 0.6) is 28.7 Å². The monoisotopic (exact) mass is 478 g/mol. The number of ether oxygens (including phenoxy) is 3. The largest absolute Gasteiger partial charge is 0.508 e. The van der Waals surface area contributed by atoms with Crippen molar-refractivity contribution in [3.8, 4) is 28.7 Å². The Morgan fingerprint density at radius 1 is 0.882 bits per heavy atom. The van der Waals surface area contributed by atoms with E-state index >= 15 is 0 Å². The average molecular weight is 478 g/mol. The Bertz CT molecular complexity index is 1190. The Morgan fingerprint density at radius 3 is 2.18 bits per heavy atom. The number of aliphatic hydroxyl groups excluding tert-OH is 4. The topological polar surface area (TPSA) is 203 Å². The molecule has 12 nitrogen and oxygen atoms in total. The zero-order valence-corrected chi connectivity index (χ0v) is 17.9. The third-order valence-corrected chi connectivity index (χ3v) is 5.99. The predicted octanol–water partition coefficient (Wildman–Crippen LogP) is -0.925. The van der Waals surface area contributed by atoms with Gasteiger partial charge in [0.15, 0.2) is 17.3 Å². The number of fused-ring (bicyclic) bond motifs is 2. The number of rotatable bonds is 4. The lowest BCUT2D eigenvalue weighted by Gasteiger charge is -2.40. The fourth-order valence-electron chi connectivity index (χ4n) is 4.03. The van der Waals surface area contributed by atoms with Crippen molar-refractivity contribution in [3.05, 3.63) is 39.9 Å². The van der Waals surface area contributed by atoms with Crippen LogP contribution in [0.25, 0.3) is 0 Å². The summed E-state index contributed by atoms with van der Waals surface area (Å²) < 4.78 is 16.0. The van der Waals surface area contributed by atoms with Crippen LogP contribution in [-0.2, 0) is 4.74 Å². The maximum absolute atomic E-state index is 13.4. The van der Waals surface area contributed by atoms with Gasteiger partial charge < -0.3 is 50.0 Å². The van der Waals surface area contributed by atoms with Gasteiger partial charge in [0.25, 0.3) is 0 Å². The normalized spacial score (nSPS) is 26.1. The van der Waals surface area contributed by atoms with Gasteiger partial charge in [-0.2, -0.15) is 0 Å². The molecule has 2 aromatic carbocycles. The molecule has 1 saturated heterocycles. The molecule has 4 rings (SSSR count). The molecule has 5 atom stereocenters. The molecule has 0 bridgehead atoms. The highest BCUT2D eigenvalue weighted by Crippen LogP contribution is 2.47. The number of phenols is 3. The number of carbonyl (C=O) groups excluding carboxylic acids is 2. The quantitative estimate of drug-likeness (QED) is 0.243. The number of benzene rings is 2. The second-order valence-corrected chi connectivity index (χ2v) is 7.94. The van der Waals surface area contributed by atoms with E-state index in [-0.39, 0.29) is 16.9 Å². The Balaban J connectivity index is 1.89. The molecule has 1 heterocycles. The number of ketones is 2. The first kappa shape index (κ1) is 23.7. The SMILES string of the molecule is COc1cc(OC2OC(CO)C(O)C(O)C2O)c2c(c1O)C(=O)c1cc(O)c(C)c(O)c1C2=O. The second-order valence-electron chi connectivity index (χ2n) is 7.94. The molecule has 0 aromatic heterocycles. The minimum Gasteiger partial charge on any atom is -0.508 e. The van der Waals surface area contributed by atoms with E-state index in [1.807, 2.05) is 0 Å². The van der Waals surface area contributed by atoms with Crippen molar-refractivity contribution in [1.82, 2.24) is 0 Å². The van der Waals surface area contributed by atoms with Crippen molar-refractivity contribution >= 4 is 11.6 Å². The van der Waals surface area contributed by atoms with Gasteiger partial charge in [0.1, 0.15) is 41.7 Å². The Morgan fingerprint density at radius 2 is 1.56 bits per heavy atom. The molecule has 182 valence electrons. The highest BCUT2D eigenvalue weighted by Gasteiger charge is 2.46. The zero-order chi connectivity index (χ0) is 25.1. The van der Waals surface area contributed by atoms with Crippen molar-refractivity contribution in [2.24, 2.45) is 0 Å². The van der Waals surface area contributed by atoms with E-state index in [1.165, 1.54) is 14.0 Å². The molecule has 0 spiro atoms. The third kappa shape index (κ3) is 3.35. The van der Waals surface area contributed by atoms with Crippen LogP contribution in [0.4, 0.5) is 0 Å². The van der Waals surface area contributed by atoms with E-state index < -0.39 is 88.6 Å². The van der Waals surface area contributed by atoms with Crippen LogP contribution < -0.4 is 9.47 Å². The number of methoxy groups -OCH3 is 1. The zero-order valence-electron chi connectivity index (χ0n) is 17.9. The van der Waals surface area contributed by atoms with Gasteiger partial charge in [-0.15, -0.1) is 0 Å². The fraction of sp³-hybridized carbons (Fsp3) is 0.364. The Kier molecular flexibility index (Phi) is 5.87. The van der Waals surface area contributed by atoms with Gasteiger partial charge in [0.05, 0.1) is 30.4 Å². The van der Waals surface area contributed by atoms with Crippen molar-refractivity contribution in [2.45, 2.75) is 37.6 Å². The average Bonchev–Trinajstić information content (AvgIpc) is 2.81. The molecule has 1 aliphatic carbocycles. The lowest BCUT2D eigenvalue weighted by molar-refractivity contribution is -0.277. The van der Waals surface area contributed by atoms with Crippen molar-refractivity contribution in [3.63, 3.8) is 0 Å². The van der Waals surface area contributed by atoms with Crippen LogP contribution in [0, 0.1) is 6.92 Å². The predicted molar refractivity (Wildman–Crippen MR) is 110 cm³/mol. The van der Waals surface area contributed by atoms with Gasteiger partial charge in [-0.05, 0) is 13.0 Å². The van der Waals surface area contributed by atoms with E-state index in [2.05, 4.69) is 0 Å². The Hall–Kier alpha value is -3.42. The molecule has 0 saturated carbocycles. The van der Waals surface area contributed by atoms with Gasteiger partial charge in [0, 0.05) is 17.2 Å². The summed E-state index contributed by atoms with van der Waals surface area (Å²) in [6, 6.07) is 2.03. The highest BCUT2D eigenvalue weighted by molar-refractivity contribution is 6.31. The van der Waals surface area contributed by atoms with E-state index in [4.69, 9.17) is 14.2 Å². The lowest BCUT2D eigenvalue weighted by Crippen LogP contribution is -2.60. The molecule has 7 N–H and O–H groups in total. The molecular formula is C22H22O12.